The number of para-hydroxylation sites is 3. The lowest BCUT2D eigenvalue weighted by Gasteiger charge is -2.26. The van der Waals surface area contributed by atoms with E-state index in [0.29, 0.717) is 0 Å². The van der Waals surface area contributed by atoms with Crippen LogP contribution in [0.5, 0.6) is 0 Å². The van der Waals surface area contributed by atoms with Gasteiger partial charge < -0.3 is 18.5 Å². The molecule has 0 aliphatic heterocycles. The molecule has 0 spiro atoms. The van der Waals surface area contributed by atoms with E-state index in [0.717, 1.165) is 61.5 Å². The molecule has 0 aliphatic rings. The monoisotopic (exact) mass is 767 g/mol. The number of rotatable bonds is 7. The normalized spacial score (nSPS) is 11.7. The lowest BCUT2D eigenvalue weighted by atomic mass is 10.0. The summed E-state index contributed by atoms with van der Waals surface area (Å²) in [5.74, 6) is 0. The number of hydrogen-bond acceptors (Lipinski definition) is 2. The summed E-state index contributed by atoms with van der Waals surface area (Å²) in [6, 6.07) is 78.1. The second-order valence-corrected chi connectivity index (χ2v) is 15.4. The number of fused-ring (bicyclic) bond motifs is 8. The summed E-state index contributed by atoms with van der Waals surface area (Å²) >= 11 is 0. The molecule has 0 saturated heterocycles. The van der Waals surface area contributed by atoms with Gasteiger partial charge in [-0.1, -0.05) is 127 Å². The molecule has 0 amide bonds. The van der Waals surface area contributed by atoms with Crippen LogP contribution in [0.1, 0.15) is 0 Å². The van der Waals surface area contributed by atoms with E-state index in [-0.39, 0.29) is 0 Å². The average Bonchev–Trinajstić information content (AvgIpc) is 4.02. The van der Waals surface area contributed by atoms with Crippen molar-refractivity contribution in [3.63, 3.8) is 0 Å². The second-order valence-electron chi connectivity index (χ2n) is 15.4. The highest BCUT2D eigenvalue weighted by molar-refractivity contribution is 6.20. The molecule has 9 aromatic carbocycles. The summed E-state index contributed by atoms with van der Waals surface area (Å²) in [4.78, 5) is 2.33. The van der Waals surface area contributed by atoms with E-state index in [2.05, 4.69) is 226 Å². The van der Waals surface area contributed by atoms with Crippen molar-refractivity contribution in [1.82, 2.24) is 9.13 Å². The summed E-state index contributed by atoms with van der Waals surface area (Å²) in [6.07, 6.45) is 2.20. The fourth-order valence-corrected chi connectivity index (χ4v) is 9.10. The molecule has 4 heteroatoms. The minimum Gasteiger partial charge on any atom is -0.456 e. The number of aromatic nitrogens is 2. The summed E-state index contributed by atoms with van der Waals surface area (Å²) < 4.78 is 10.9. The zero-order valence-corrected chi connectivity index (χ0v) is 32.6. The first-order valence-electron chi connectivity index (χ1n) is 20.4. The van der Waals surface area contributed by atoms with Crippen molar-refractivity contribution in [3.8, 4) is 33.6 Å². The number of nitrogens with zero attached hydrogens (tertiary/aromatic N) is 3. The SMILES string of the molecule is c1ccc(-c2ccc(N(c3ccc(-c4ccc(-n5ccc6ccc7c(c8ccccc8n7-c7ccccc7)c65)cc4)cc3)c3ccc4oc5ccccc5c4c3)cc2)cc1. The van der Waals surface area contributed by atoms with E-state index in [1.54, 1.807) is 0 Å². The van der Waals surface area contributed by atoms with Gasteiger partial charge in [-0.05, 0) is 113 Å². The Hall–Kier alpha value is -8.08. The maximum atomic E-state index is 6.21. The van der Waals surface area contributed by atoms with Gasteiger partial charge in [-0.2, -0.15) is 0 Å². The van der Waals surface area contributed by atoms with Gasteiger partial charge in [0, 0.05) is 61.6 Å². The van der Waals surface area contributed by atoms with Crippen LogP contribution in [0, 0.1) is 0 Å². The Morgan fingerprint density at radius 3 is 1.65 bits per heavy atom. The summed E-state index contributed by atoms with van der Waals surface area (Å²) in [6.45, 7) is 0. The molecule has 3 heterocycles. The van der Waals surface area contributed by atoms with Crippen molar-refractivity contribution in [1.29, 1.82) is 0 Å². The first-order chi connectivity index (χ1) is 29.7. The topological polar surface area (TPSA) is 26.2 Å². The standard InChI is InChI=1S/C56H37N3O/c1-3-11-38(12-4-1)39-21-28-45(29-22-39)58(47-32-34-54-50(37-47)48-15-8-10-18-53(48)60-54)46-30-23-41(24-31-46)40-19-26-43(27-20-40)57-36-35-42-25-33-52-55(56(42)57)49-16-7-9-17-51(49)59(52)44-13-5-2-6-14-44/h1-37H. The highest BCUT2D eigenvalue weighted by atomic mass is 16.3. The van der Waals surface area contributed by atoms with Gasteiger partial charge in [0.25, 0.3) is 0 Å². The lowest BCUT2D eigenvalue weighted by molar-refractivity contribution is 0.669. The van der Waals surface area contributed by atoms with Gasteiger partial charge >= 0.3 is 0 Å². The maximum Gasteiger partial charge on any atom is 0.135 e. The Balaban J connectivity index is 0.915. The predicted octanol–water partition coefficient (Wildman–Crippen LogP) is 15.4. The van der Waals surface area contributed by atoms with E-state index in [9.17, 15) is 0 Å². The van der Waals surface area contributed by atoms with Crippen molar-refractivity contribution in [2.24, 2.45) is 0 Å². The van der Waals surface area contributed by atoms with Gasteiger partial charge in [-0.25, -0.2) is 0 Å². The predicted molar refractivity (Wildman–Crippen MR) is 250 cm³/mol. The molecule has 60 heavy (non-hydrogen) atoms. The number of benzene rings is 9. The van der Waals surface area contributed by atoms with Gasteiger partial charge in [0.15, 0.2) is 0 Å². The molecule has 12 rings (SSSR count). The molecule has 0 aliphatic carbocycles. The van der Waals surface area contributed by atoms with Crippen LogP contribution in [-0.2, 0) is 0 Å². The molecule has 0 N–H and O–H groups in total. The molecule has 12 aromatic rings. The highest BCUT2D eigenvalue weighted by Gasteiger charge is 2.19. The Bertz CT molecular complexity index is 3500. The van der Waals surface area contributed by atoms with Crippen LogP contribution in [-0.4, -0.2) is 9.13 Å². The van der Waals surface area contributed by atoms with E-state index in [4.69, 9.17) is 4.42 Å². The Labute approximate surface area is 347 Å². The molecule has 3 aromatic heterocycles. The molecule has 0 fully saturated rings. The van der Waals surface area contributed by atoms with Crippen LogP contribution in [0.2, 0.25) is 0 Å². The zero-order valence-electron chi connectivity index (χ0n) is 32.6. The van der Waals surface area contributed by atoms with Crippen molar-refractivity contribution >= 4 is 71.7 Å². The van der Waals surface area contributed by atoms with Crippen LogP contribution in [0.15, 0.2) is 229 Å². The quantitative estimate of drug-likeness (QED) is 0.161. The molecule has 4 nitrogen and oxygen atoms in total. The van der Waals surface area contributed by atoms with Gasteiger partial charge in [0.05, 0.1) is 16.6 Å². The molecule has 282 valence electrons. The smallest absolute Gasteiger partial charge is 0.135 e. The fraction of sp³-hybridized carbons (Fsp3) is 0. The minimum absolute atomic E-state index is 0.884. The Morgan fingerprint density at radius 2 is 0.933 bits per heavy atom. The third kappa shape index (κ3) is 5.53. The highest BCUT2D eigenvalue weighted by Crippen LogP contribution is 2.41. The fourth-order valence-electron chi connectivity index (χ4n) is 9.10. The van der Waals surface area contributed by atoms with Crippen LogP contribution in [0.25, 0.3) is 88.3 Å². The molecule has 0 atom stereocenters. The molecule has 0 radical (unpaired) electrons. The summed E-state index contributed by atoms with van der Waals surface area (Å²) in [5, 5.41) is 5.94. The third-order valence-corrected chi connectivity index (χ3v) is 12.0. The van der Waals surface area contributed by atoms with Crippen LogP contribution in [0.3, 0.4) is 0 Å². The van der Waals surface area contributed by atoms with Crippen molar-refractivity contribution in [3.05, 3.63) is 225 Å². The first-order valence-corrected chi connectivity index (χ1v) is 20.4. The van der Waals surface area contributed by atoms with Gasteiger partial charge in [-0.15, -0.1) is 0 Å². The molecular formula is C56H37N3O. The third-order valence-electron chi connectivity index (χ3n) is 12.0. The second kappa shape index (κ2) is 13.8. The van der Waals surface area contributed by atoms with Crippen molar-refractivity contribution < 1.29 is 4.42 Å². The van der Waals surface area contributed by atoms with Gasteiger partial charge in [0.2, 0.25) is 0 Å². The van der Waals surface area contributed by atoms with Crippen molar-refractivity contribution in [2.75, 3.05) is 4.90 Å². The Morgan fingerprint density at radius 1 is 0.367 bits per heavy atom. The summed E-state index contributed by atoms with van der Waals surface area (Å²) in [5.41, 5.74) is 15.6. The van der Waals surface area contributed by atoms with Gasteiger partial charge in [0.1, 0.15) is 11.2 Å². The minimum atomic E-state index is 0.884. The number of hydrogen-bond donors (Lipinski definition) is 0. The van der Waals surface area contributed by atoms with Crippen LogP contribution in [0.4, 0.5) is 17.1 Å². The largest absolute Gasteiger partial charge is 0.456 e. The number of anilines is 3. The Kier molecular flexibility index (Phi) is 7.82. The molecule has 0 saturated carbocycles. The van der Waals surface area contributed by atoms with Crippen LogP contribution >= 0.6 is 0 Å². The van der Waals surface area contributed by atoms with E-state index >= 15 is 0 Å². The maximum absolute atomic E-state index is 6.21. The van der Waals surface area contributed by atoms with Gasteiger partial charge in [-0.3, -0.25) is 0 Å². The molecule has 0 unspecified atom stereocenters. The zero-order chi connectivity index (χ0) is 39.6. The van der Waals surface area contributed by atoms with E-state index in [1.165, 1.54) is 43.8 Å². The number of furan rings is 1. The lowest BCUT2D eigenvalue weighted by Crippen LogP contribution is -2.09. The summed E-state index contributed by atoms with van der Waals surface area (Å²) in [7, 11) is 0. The molecular weight excluding hydrogens is 731 g/mol. The van der Waals surface area contributed by atoms with Crippen LogP contribution < -0.4 is 4.90 Å². The van der Waals surface area contributed by atoms with Crippen molar-refractivity contribution in [2.45, 2.75) is 0 Å². The molecule has 0 bridgehead atoms. The van der Waals surface area contributed by atoms with E-state index in [1.807, 2.05) is 12.1 Å². The average molecular weight is 768 g/mol. The first kappa shape index (κ1) is 34.0. The van der Waals surface area contributed by atoms with E-state index < -0.39 is 0 Å².